The third-order valence-corrected chi connectivity index (χ3v) is 3.85. The summed E-state index contributed by atoms with van der Waals surface area (Å²) < 4.78 is 12.8. The van der Waals surface area contributed by atoms with Gasteiger partial charge in [-0.15, -0.1) is 0 Å². The lowest BCUT2D eigenvalue weighted by atomic mass is 10.2. The Labute approximate surface area is 115 Å². The first-order valence-corrected chi connectivity index (χ1v) is 7.03. The molecule has 2 nitrogen and oxygen atoms in total. The first-order valence-electron chi connectivity index (χ1n) is 6.04. The normalized spacial score (nSPS) is 11.1. The van der Waals surface area contributed by atoms with Crippen LogP contribution in [0.2, 0.25) is 0 Å². The van der Waals surface area contributed by atoms with E-state index in [1.807, 2.05) is 6.07 Å². The Kier molecular flexibility index (Phi) is 3.25. The number of imidazole rings is 1. The van der Waals surface area contributed by atoms with E-state index < -0.39 is 0 Å². The Morgan fingerprint density at radius 1 is 1.16 bits per heavy atom. The van der Waals surface area contributed by atoms with E-state index in [-0.39, 0.29) is 5.82 Å². The lowest BCUT2D eigenvalue weighted by molar-refractivity contribution is 0.627. The molecule has 2 aromatic carbocycles. The minimum absolute atomic E-state index is 0.201. The van der Waals surface area contributed by atoms with Crippen molar-refractivity contribution in [1.29, 1.82) is 0 Å². The van der Waals surface area contributed by atoms with Crippen LogP contribution < -0.4 is 0 Å². The van der Waals surface area contributed by atoms with Crippen LogP contribution in [0.25, 0.3) is 11.0 Å². The van der Waals surface area contributed by atoms with E-state index in [9.17, 15) is 4.39 Å². The van der Waals surface area contributed by atoms with Crippen LogP contribution in [0, 0.1) is 12.7 Å². The lowest BCUT2D eigenvalue weighted by Gasteiger charge is -1.98. The second-order valence-electron chi connectivity index (χ2n) is 4.48. The van der Waals surface area contributed by atoms with Crippen LogP contribution in [0.1, 0.15) is 11.1 Å². The van der Waals surface area contributed by atoms with Crippen molar-refractivity contribution < 1.29 is 4.39 Å². The van der Waals surface area contributed by atoms with Crippen LogP contribution in [-0.4, -0.2) is 9.97 Å². The molecular formula is C15H13FN2S. The van der Waals surface area contributed by atoms with Crippen molar-refractivity contribution in [3.05, 3.63) is 59.4 Å². The molecule has 0 bridgehead atoms. The first-order chi connectivity index (χ1) is 9.20. The summed E-state index contributed by atoms with van der Waals surface area (Å²) in [6.07, 6.45) is 0. The predicted octanol–water partition coefficient (Wildman–Crippen LogP) is 4.30. The number of benzene rings is 2. The van der Waals surface area contributed by atoms with E-state index in [0.29, 0.717) is 0 Å². The van der Waals surface area contributed by atoms with Gasteiger partial charge < -0.3 is 4.98 Å². The minimum atomic E-state index is -0.201. The van der Waals surface area contributed by atoms with Gasteiger partial charge in [0.25, 0.3) is 0 Å². The fraction of sp³-hybridized carbons (Fsp3) is 0.133. The molecule has 3 rings (SSSR count). The van der Waals surface area contributed by atoms with Crippen molar-refractivity contribution in [2.45, 2.75) is 17.8 Å². The minimum Gasteiger partial charge on any atom is -0.333 e. The second kappa shape index (κ2) is 5.05. The van der Waals surface area contributed by atoms with Crippen LogP contribution in [0.4, 0.5) is 4.39 Å². The van der Waals surface area contributed by atoms with Crippen molar-refractivity contribution in [2.75, 3.05) is 0 Å². The number of rotatable bonds is 3. The van der Waals surface area contributed by atoms with Gasteiger partial charge in [-0.3, -0.25) is 0 Å². The van der Waals surface area contributed by atoms with E-state index in [0.717, 1.165) is 27.5 Å². The van der Waals surface area contributed by atoms with Crippen molar-refractivity contribution >= 4 is 22.8 Å². The topological polar surface area (TPSA) is 28.7 Å². The smallest absolute Gasteiger partial charge is 0.166 e. The molecule has 0 radical (unpaired) electrons. The molecule has 1 aromatic heterocycles. The fourth-order valence-electron chi connectivity index (χ4n) is 1.90. The Morgan fingerprint density at radius 2 is 1.95 bits per heavy atom. The summed E-state index contributed by atoms with van der Waals surface area (Å²) >= 11 is 1.62. The molecule has 0 amide bonds. The van der Waals surface area contributed by atoms with Crippen molar-refractivity contribution in [1.82, 2.24) is 9.97 Å². The highest BCUT2D eigenvalue weighted by molar-refractivity contribution is 7.98. The predicted molar refractivity (Wildman–Crippen MR) is 76.8 cm³/mol. The average Bonchev–Trinajstić information content (AvgIpc) is 2.80. The standard InChI is InChI=1S/C15H13FN2S/c1-10-2-7-13-14(8-10)18-15(17-13)19-9-11-3-5-12(16)6-4-11/h2-8H,9H2,1H3,(H,17,18). The zero-order valence-electron chi connectivity index (χ0n) is 10.5. The molecule has 96 valence electrons. The molecule has 0 saturated carbocycles. The Balaban J connectivity index is 1.76. The van der Waals surface area contributed by atoms with E-state index in [4.69, 9.17) is 0 Å². The van der Waals surface area contributed by atoms with Gasteiger partial charge in [-0.2, -0.15) is 0 Å². The van der Waals surface area contributed by atoms with E-state index in [2.05, 4.69) is 29.0 Å². The number of aromatic amines is 1. The molecule has 1 N–H and O–H groups in total. The Hall–Kier alpha value is -1.81. The number of thioether (sulfide) groups is 1. The number of aryl methyl sites for hydroxylation is 1. The van der Waals surface area contributed by atoms with E-state index >= 15 is 0 Å². The van der Waals surface area contributed by atoms with Crippen LogP contribution in [0.15, 0.2) is 47.6 Å². The molecule has 1 heterocycles. The second-order valence-corrected chi connectivity index (χ2v) is 5.44. The van der Waals surface area contributed by atoms with E-state index in [1.54, 1.807) is 23.9 Å². The number of nitrogens with one attached hydrogen (secondary N) is 1. The fourth-order valence-corrected chi connectivity index (χ4v) is 2.74. The molecular weight excluding hydrogens is 259 g/mol. The maximum Gasteiger partial charge on any atom is 0.166 e. The molecule has 0 unspecified atom stereocenters. The molecule has 0 aliphatic heterocycles. The van der Waals surface area contributed by atoms with Crippen LogP contribution in [0.3, 0.4) is 0 Å². The summed E-state index contributed by atoms with van der Waals surface area (Å²) in [4.78, 5) is 7.82. The quantitative estimate of drug-likeness (QED) is 0.720. The van der Waals surface area contributed by atoms with Gasteiger partial charge in [0.2, 0.25) is 0 Å². The van der Waals surface area contributed by atoms with Gasteiger partial charge in [-0.05, 0) is 42.3 Å². The third kappa shape index (κ3) is 2.79. The van der Waals surface area contributed by atoms with Gasteiger partial charge in [-0.25, -0.2) is 9.37 Å². The third-order valence-electron chi connectivity index (χ3n) is 2.90. The van der Waals surface area contributed by atoms with Crippen LogP contribution >= 0.6 is 11.8 Å². The molecule has 0 aliphatic rings. The largest absolute Gasteiger partial charge is 0.333 e. The molecule has 19 heavy (non-hydrogen) atoms. The monoisotopic (exact) mass is 272 g/mol. The van der Waals surface area contributed by atoms with Gasteiger partial charge in [0.1, 0.15) is 5.82 Å². The van der Waals surface area contributed by atoms with Gasteiger partial charge in [0, 0.05) is 5.75 Å². The molecule has 0 spiro atoms. The van der Waals surface area contributed by atoms with Gasteiger partial charge in [0.05, 0.1) is 11.0 Å². The Bertz CT molecular complexity index is 704. The molecule has 3 aromatic rings. The highest BCUT2D eigenvalue weighted by Gasteiger charge is 2.04. The van der Waals surface area contributed by atoms with Crippen molar-refractivity contribution in [3.63, 3.8) is 0 Å². The SMILES string of the molecule is Cc1ccc2nc(SCc3ccc(F)cc3)[nH]c2c1. The molecule has 0 fully saturated rings. The zero-order valence-corrected chi connectivity index (χ0v) is 11.3. The summed E-state index contributed by atoms with van der Waals surface area (Å²) in [5.74, 6) is 0.576. The number of hydrogen-bond donors (Lipinski definition) is 1. The van der Waals surface area contributed by atoms with Gasteiger partial charge >= 0.3 is 0 Å². The van der Waals surface area contributed by atoms with Crippen LogP contribution in [0.5, 0.6) is 0 Å². The highest BCUT2D eigenvalue weighted by atomic mass is 32.2. The van der Waals surface area contributed by atoms with Crippen molar-refractivity contribution in [3.8, 4) is 0 Å². The molecule has 0 atom stereocenters. The Morgan fingerprint density at radius 3 is 2.74 bits per heavy atom. The highest BCUT2D eigenvalue weighted by Crippen LogP contribution is 2.23. The maximum absolute atomic E-state index is 12.8. The summed E-state index contributed by atoms with van der Waals surface area (Å²) in [6, 6.07) is 12.7. The van der Waals surface area contributed by atoms with E-state index in [1.165, 1.54) is 17.7 Å². The van der Waals surface area contributed by atoms with Gasteiger partial charge in [0.15, 0.2) is 5.16 Å². The summed E-state index contributed by atoms with van der Waals surface area (Å²) in [5, 5.41) is 0.893. The molecule has 0 aliphatic carbocycles. The summed E-state index contributed by atoms with van der Waals surface area (Å²) in [7, 11) is 0. The maximum atomic E-state index is 12.8. The number of halogens is 1. The number of fused-ring (bicyclic) bond motifs is 1. The average molecular weight is 272 g/mol. The van der Waals surface area contributed by atoms with Gasteiger partial charge in [-0.1, -0.05) is 30.0 Å². The summed E-state index contributed by atoms with van der Waals surface area (Å²) in [6.45, 7) is 2.06. The number of nitrogens with zero attached hydrogens (tertiary/aromatic N) is 1. The van der Waals surface area contributed by atoms with Crippen molar-refractivity contribution in [2.24, 2.45) is 0 Å². The first kappa shape index (κ1) is 12.2. The molecule has 4 heteroatoms. The lowest BCUT2D eigenvalue weighted by Crippen LogP contribution is -1.82. The number of aromatic nitrogens is 2. The number of H-pyrrole nitrogens is 1. The summed E-state index contributed by atoms with van der Waals surface area (Å²) in [5.41, 5.74) is 4.34. The zero-order chi connectivity index (χ0) is 13.2. The molecule has 0 saturated heterocycles. The number of hydrogen-bond acceptors (Lipinski definition) is 2. The van der Waals surface area contributed by atoms with Crippen LogP contribution in [-0.2, 0) is 5.75 Å².